The fraction of sp³-hybridized carbons (Fsp3) is 0.375. The SMILES string of the molecule is COC(=O)C[C@@H](O)c1ccsc1. The Morgan fingerprint density at radius 1 is 1.83 bits per heavy atom. The smallest absolute Gasteiger partial charge is 0.308 e. The standard InChI is InChI=1S/C8H10O3S/c1-11-8(10)4-7(9)6-2-3-12-5-6/h2-3,5,7,9H,4H2,1H3/t7-/m1/s1. The van der Waals surface area contributed by atoms with Gasteiger partial charge >= 0.3 is 5.97 Å². The molecule has 0 aliphatic heterocycles. The highest BCUT2D eigenvalue weighted by atomic mass is 32.1. The van der Waals surface area contributed by atoms with Gasteiger partial charge in [-0.3, -0.25) is 4.79 Å². The maximum absolute atomic E-state index is 10.7. The van der Waals surface area contributed by atoms with E-state index in [2.05, 4.69) is 4.74 Å². The molecule has 3 nitrogen and oxygen atoms in total. The fourth-order valence-corrected chi connectivity index (χ4v) is 1.53. The van der Waals surface area contributed by atoms with Crippen molar-refractivity contribution in [2.45, 2.75) is 12.5 Å². The van der Waals surface area contributed by atoms with Gasteiger partial charge < -0.3 is 9.84 Å². The quantitative estimate of drug-likeness (QED) is 0.725. The molecule has 4 heteroatoms. The van der Waals surface area contributed by atoms with Crippen molar-refractivity contribution in [3.8, 4) is 0 Å². The number of aliphatic hydroxyl groups is 1. The zero-order valence-electron chi connectivity index (χ0n) is 6.69. The summed E-state index contributed by atoms with van der Waals surface area (Å²) in [6.45, 7) is 0. The average molecular weight is 186 g/mol. The fourth-order valence-electron chi connectivity index (χ4n) is 0.824. The Labute approximate surface area is 74.6 Å². The number of ether oxygens (including phenoxy) is 1. The highest BCUT2D eigenvalue weighted by Crippen LogP contribution is 2.19. The van der Waals surface area contributed by atoms with E-state index in [1.54, 1.807) is 6.07 Å². The van der Waals surface area contributed by atoms with Crippen molar-refractivity contribution in [2.24, 2.45) is 0 Å². The maximum Gasteiger partial charge on any atom is 0.308 e. The van der Waals surface area contributed by atoms with Crippen LogP contribution in [0.1, 0.15) is 18.1 Å². The molecule has 1 heterocycles. The normalized spacial score (nSPS) is 12.5. The van der Waals surface area contributed by atoms with Gasteiger partial charge in [-0.15, -0.1) is 0 Å². The summed E-state index contributed by atoms with van der Waals surface area (Å²) >= 11 is 1.49. The number of aliphatic hydroxyl groups excluding tert-OH is 1. The molecular weight excluding hydrogens is 176 g/mol. The summed E-state index contributed by atoms with van der Waals surface area (Å²) in [6.07, 6.45) is -0.712. The summed E-state index contributed by atoms with van der Waals surface area (Å²) < 4.78 is 4.42. The zero-order valence-corrected chi connectivity index (χ0v) is 7.50. The van der Waals surface area contributed by atoms with Gasteiger partial charge in [-0.1, -0.05) is 0 Å². The van der Waals surface area contributed by atoms with Crippen LogP contribution < -0.4 is 0 Å². The summed E-state index contributed by atoms with van der Waals surface area (Å²) in [5, 5.41) is 13.1. The molecule has 0 unspecified atom stereocenters. The molecule has 0 aliphatic rings. The van der Waals surface area contributed by atoms with Crippen molar-refractivity contribution < 1.29 is 14.6 Å². The van der Waals surface area contributed by atoms with Crippen LogP contribution in [0.15, 0.2) is 16.8 Å². The Morgan fingerprint density at radius 2 is 2.58 bits per heavy atom. The summed E-state index contributed by atoms with van der Waals surface area (Å²) in [5.74, 6) is -0.395. The molecule has 0 aromatic carbocycles. The van der Waals surface area contributed by atoms with Crippen LogP contribution in [0.4, 0.5) is 0 Å². The Balaban J connectivity index is 2.49. The minimum absolute atomic E-state index is 0.0211. The van der Waals surface area contributed by atoms with E-state index in [9.17, 15) is 9.90 Å². The van der Waals surface area contributed by atoms with Gasteiger partial charge in [-0.05, 0) is 22.4 Å². The predicted molar refractivity (Wildman–Crippen MR) is 45.9 cm³/mol. The second kappa shape index (κ2) is 4.23. The van der Waals surface area contributed by atoms with Crippen molar-refractivity contribution in [1.82, 2.24) is 0 Å². The third kappa shape index (κ3) is 2.32. The van der Waals surface area contributed by atoms with E-state index in [4.69, 9.17) is 0 Å². The van der Waals surface area contributed by atoms with Gasteiger partial charge in [0.05, 0.1) is 19.6 Å². The van der Waals surface area contributed by atoms with Crippen LogP contribution >= 0.6 is 11.3 Å². The molecule has 12 heavy (non-hydrogen) atoms. The molecule has 1 N–H and O–H groups in total. The predicted octanol–water partition coefficient (Wildman–Crippen LogP) is 1.34. The highest BCUT2D eigenvalue weighted by Gasteiger charge is 2.12. The minimum atomic E-state index is -0.733. The lowest BCUT2D eigenvalue weighted by Gasteiger charge is -2.05. The van der Waals surface area contributed by atoms with Crippen LogP contribution in [0, 0.1) is 0 Å². The van der Waals surface area contributed by atoms with Gasteiger partial charge in [0.1, 0.15) is 0 Å². The Morgan fingerprint density at radius 3 is 3.08 bits per heavy atom. The second-order valence-electron chi connectivity index (χ2n) is 2.35. The van der Waals surface area contributed by atoms with Crippen LogP contribution in [0.2, 0.25) is 0 Å². The number of thiophene rings is 1. The minimum Gasteiger partial charge on any atom is -0.469 e. The number of hydrogen-bond donors (Lipinski definition) is 1. The second-order valence-corrected chi connectivity index (χ2v) is 3.13. The molecule has 0 bridgehead atoms. The van der Waals surface area contributed by atoms with Gasteiger partial charge in [-0.25, -0.2) is 0 Å². The molecule has 1 aromatic heterocycles. The molecule has 1 rings (SSSR count). The average Bonchev–Trinajstić information content (AvgIpc) is 2.56. The number of carbonyl (C=O) groups excluding carboxylic acids is 1. The van der Waals surface area contributed by atoms with E-state index in [-0.39, 0.29) is 6.42 Å². The van der Waals surface area contributed by atoms with Crippen molar-refractivity contribution in [2.75, 3.05) is 7.11 Å². The van der Waals surface area contributed by atoms with E-state index in [0.29, 0.717) is 0 Å². The van der Waals surface area contributed by atoms with Gasteiger partial charge in [0.2, 0.25) is 0 Å². The molecule has 0 aliphatic carbocycles. The van der Waals surface area contributed by atoms with Crippen molar-refractivity contribution >= 4 is 17.3 Å². The van der Waals surface area contributed by atoms with Gasteiger partial charge in [0, 0.05) is 0 Å². The molecule has 0 saturated carbocycles. The Hall–Kier alpha value is -0.870. The molecular formula is C8H10O3S. The van der Waals surface area contributed by atoms with Gasteiger partial charge in [0.15, 0.2) is 0 Å². The lowest BCUT2D eigenvalue weighted by atomic mass is 10.1. The van der Waals surface area contributed by atoms with Crippen LogP contribution in [-0.4, -0.2) is 18.2 Å². The molecule has 0 saturated heterocycles. The van der Waals surface area contributed by atoms with Crippen molar-refractivity contribution in [3.05, 3.63) is 22.4 Å². The van der Waals surface area contributed by atoms with Crippen LogP contribution in [0.25, 0.3) is 0 Å². The van der Waals surface area contributed by atoms with Gasteiger partial charge in [0.25, 0.3) is 0 Å². The molecule has 0 fully saturated rings. The van der Waals surface area contributed by atoms with Crippen molar-refractivity contribution in [1.29, 1.82) is 0 Å². The monoisotopic (exact) mass is 186 g/mol. The number of methoxy groups -OCH3 is 1. The summed E-state index contributed by atoms with van der Waals surface area (Å²) in [7, 11) is 1.31. The zero-order chi connectivity index (χ0) is 8.97. The first-order valence-electron chi connectivity index (χ1n) is 3.51. The largest absolute Gasteiger partial charge is 0.469 e. The molecule has 1 atom stereocenters. The summed E-state index contributed by atoms with van der Waals surface area (Å²) in [5.41, 5.74) is 0.769. The maximum atomic E-state index is 10.7. The Bertz CT molecular complexity index is 243. The lowest BCUT2D eigenvalue weighted by molar-refractivity contribution is -0.142. The molecule has 1 aromatic rings. The number of carbonyl (C=O) groups is 1. The molecule has 0 spiro atoms. The topological polar surface area (TPSA) is 46.5 Å². The molecule has 66 valence electrons. The first-order chi connectivity index (χ1) is 5.74. The number of esters is 1. The van der Waals surface area contributed by atoms with Crippen molar-refractivity contribution in [3.63, 3.8) is 0 Å². The Kier molecular flexibility index (Phi) is 3.25. The highest BCUT2D eigenvalue weighted by molar-refractivity contribution is 7.07. The van der Waals surface area contributed by atoms with Crippen LogP contribution in [-0.2, 0) is 9.53 Å². The molecule has 0 radical (unpaired) electrons. The van der Waals surface area contributed by atoms with Crippen LogP contribution in [0.3, 0.4) is 0 Å². The van der Waals surface area contributed by atoms with E-state index in [1.807, 2.05) is 10.8 Å². The first kappa shape index (κ1) is 9.22. The number of hydrogen-bond acceptors (Lipinski definition) is 4. The third-order valence-corrected chi connectivity index (χ3v) is 2.22. The lowest BCUT2D eigenvalue weighted by Crippen LogP contribution is -2.07. The first-order valence-corrected chi connectivity index (χ1v) is 4.45. The van der Waals surface area contributed by atoms with E-state index in [1.165, 1.54) is 18.4 Å². The third-order valence-electron chi connectivity index (χ3n) is 1.52. The van der Waals surface area contributed by atoms with E-state index >= 15 is 0 Å². The number of rotatable bonds is 3. The summed E-state index contributed by atoms with van der Waals surface area (Å²) in [6, 6.07) is 1.79. The summed E-state index contributed by atoms with van der Waals surface area (Å²) in [4.78, 5) is 10.7. The van der Waals surface area contributed by atoms with E-state index < -0.39 is 12.1 Å². The van der Waals surface area contributed by atoms with Crippen LogP contribution in [0.5, 0.6) is 0 Å². The van der Waals surface area contributed by atoms with Gasteiger partial charge in [-0.2, -0.15) is 11.3 Å². The van der Waals surface area contributed by atoms with E-state index in [0.717, 1.165) is 5.56 Å². The molecule has 0 amide bonds.